The summed E-state index contributed by atoms with van der Waals surface area (Å²) in [4.78, 5) is 12.6. The summed E-state index contributed by atoms with van der Waals surface area (Å²) in [6, 6.07) is 1.27. The molecule has 1 aliphatic rings. The van der Waals surface area contributed by atoms with Gasteiger partial charge in [-0.1, -0.05) is 0 Å². The third kappa shape index (κ3) is 4.07. The van der Waals surface area contributed by atoms with Crippen molar-refractivity contribution in [3.05, 3.63) is 0 Å². The van der Waals surface area contributed by atoms with Gasteiger partial charge in [0.25, 0.3) is 0 Å². The van der Waals surface area contributed by atoms with Gasteiger partial charge in [0.1, 0.15) is 0 Å². The summed E-state index contributed by atoms with van der Waals surface area (Å²) in [5, 5.41) is 11.6. The van der Waals surface area contributed by atoms with Gasteiger partial charge in [0.2, 0.25) is 0 Å². The molecule has 0 aromatic rings. The van der Waals surface area contributed by atoms with Crippen LogP contribution in [0, 0.1) is 0 Å². The van der Waals surface area contributed by atoms with Gasteiger partial charge in [-0.2, -0.15) is 0 Å². The first-order valence-electron chi connectivity index (χ1n) is 5.25. The van der Waals surface area contributed by atoms with E-state index in [0.29, 0.717) is 12.6 Å². The Morgan fingerprint density at radius 1 is 1.64 bits per heavy atom. The maximum absolute atomic E-state index is 10.2. The smallest absolute Gasteiger partial charge is 0.304 e. The Labute approximate surface area is 85.3 Å². The van der Waals surface area contributed by atoms with E-state index in [-0.39, 0.29) is 6.42 Å². The van der Waals surface area contributed by atoms with Crippen LogP contribution in [0.15, 0.2) is 0 Å². The molecule has 0 aliphatic heterocycles. The summed E-state index contributed by atoms with van der Waals surface area (Å²) in [7, 11) is 2.14. The maximum Gasteiger partial charge on any atom is 0.304 e. The Morgan fingerprint density at radius 3 is 2.79 bits per heavy atom. The van der Waals surface area contributed by atoms with Crippen molar-refractivity contribution < 1.29 is 9.90 Å². The molecule has 0 heterocycles. The van der Waals surface area contributed by atoms with E-state index in [1.807, 2.05) is 0 Å². The van der Waals surface area contributed by atoms with Crippen molar-refractivity contribution >= 4 is 5.97 Å². The van der Waals surface area contributed by atoms with Crippen molar-refractivity contribution in [3.63, 3.8) is 0 Å². The topological polar surface area (TPSA) is 52.6 Å². The molecule has 1 unspecified atom stereocenters. The molecule has 1 rings (SSSR count). The van der Waals surface area contributed by atoms with Crippen LogP contribution in [0.1, 0.15) is 26.2 Å². The highest BCUT2D eigenvalue weighted by Gasteiger charge is 2.28. The Bertz CT molecular complexity index is 193. The predicted octanol–water partition coefficient (Wildman–Crippen LogP) is 0.533. The Balaban J connectivity index is 2.02. The van der Waals surface area contributed by atoms with Gasteiger partial charge < -0.3 is 10.4 Å². The minimum atomic E-state index is -0.735. The highest BCUT2D eigenvalue weighted by atomic mass is 16.4. The van der Waals surface area contributed by atoms with E-state index in [4.69, 9.17) is 5.11 Å². The molecule has 4 nitrogen and oxygen atoms in total. The summed E-state index contributed by atoms with van der Waals surface area (Å²) >= 11 is 0. The molecule has 14 heavy (non-hydrogen) atoms. The number of hydrogen-bond donors (Lipinski definition) is 2. The molecule has 0 aromatic carbocycles. The molecule has 0 saturated heterocycles. The van der Waals surface area contributed by atoms with E-state index in [0.717, 1.165) is 12.6 Å². The van der Waals surface area contributed by atoms with Crippen molar-refractivity contribution in [2.75, 3.05) is 20.1 Å². The lowest BCUT2D eigenvalue weighted by Crippen LogP contribution is -2.39. The fourth-order valence-electron chi connectivity index (χ4n) is 1.49. The molecule has 0 amide bonds. The van der Waals surface area contributed by atoms with Crippen LogP contribution in [-0.2, 0) is 4.79 Å². The average Bonchev–Trinajstić information content (AvgIpc) is 2.93. The number of likely N-dealkylation sites (N-methyl/N-ethyl adjacent to an activating group) is 1. The summed E-state index contributed by atoms with van der Waals surface area (Å²) in [6.45, 7) is 3.62. The molecule has 2 N–H and O–H groups in total. The van der Waals surface area contributed by atoms with Gasteiger partial charge in [0.15, 0.2) is 0 Å². The molecule has 0 radical (unpaired) electrons. The lowest BCUT2D eigenvalue weighted by molar-refractivity contribution is -0.136. The van der Waals surface area contributed by atoms with Crippen LogP contribution in [0.4, 0.5) is 0 Å². The molecule has 0 bridgehead atoms. The van der Waals surface area contributed by atoms with Crippen molar-refractivity contribution in [2.45, 2.75) is 38.3 Å². The standard InChI is InChI=1S/C10H20N2O2/c1-8(12(2)9-3-4-9)7-11-6-5-10(13)14/h8-9,11H,3-7H2,1-2H3,(H,13,14). The van der Waals surface area contributed by atoms with E-state index < -0.39 is 5.97 Å². The van der Waals surface area contributed by atoms with Crippen molar-refractivity contribution in [2.24, 2.45) is 0 Å². The Hall–Kier alpha value is -0.610. The maximum atomic E-state index is 10.2. The fourth-order valence-corrected chi connectivity index (χ4v) is 1.49. The number of aliphatic carboxylic acids is 1. The number of hydrogen-bond acceptors (Lipinski definition) is 3. The van der Waals surface area contributed by atoms with Crippen LogP contribution in [0.3, 0.4) is 0 Å². The number of rotatable bonds is 7. The van der Waals surface area contributed by atoms with Crippen LogP contribution in [0.2, 0.25) is 0 Å². The van der Waals surface area contributed by atoms with Crippen LogP contribution in [-0.4, -0.2) is 48.2 Å². The first-order valence-corrected chi connectivity index (χ1v) is 5.25. The van der Waals surface area contributed by atoms with Gasteiger partial charge in [0, 0.05) is 25.2 Å². The minimum Gasteiger partial charge on any atom is -0.481 e. The SMILES string of the molecule is CC(CNCCC(=O)O)N(C)C1CC1. The van der Waals surface area contributed by atoms with Gasteiger partial charge in [0.05, 0.1) is 6.42 Å². The summed E-state index contributed by atoms with van der Waals surface area (Å²) in [5.74, 6) is -0.735. The van der Waals surface area contributed by atoms with E-state index in [2.05, 4.69) is 24.2 Å². The van der Waals surface area contributed by atoms with Gasteiger partial charge in [-0.15, -0.1) is 0 Å². The zero-order valence-corrected chi connectivity index (χ0v) is 8.99. The van der Waals surface area contributed by atoms with Crippen LogP contribution < -0.4 is 5.32 Å². The number of nitrogens with zero attached hydrogens (tertiary/aromatic N) is 1. The number of carboxylic acids is 1. The molecule has 1 fully saturated rings. The van der Waals surface area contributed by atoms with Crippen molar-refractivity contribution in [1.82, 2.24) is 10.2 Å². The lowest BCUT2D eigenvalue weighted by atomic mass is 10.3. The van der Waals surface area contributed by atoms with Gasteiger partial charge in [-0.05, 0) is 26.8 Å². The van der Waals surface area contributed by atoms with Crippen molar-refractivity contribution in [1.29, 1.82) is 0 Å². The van der Waals surface area contributed by atoms with Gasteiger partial charge >= 0.3 is 5.97 Å². The number of nitrogens with one attached hydrogen (secondary N) is 1. The summed E-state index contributed by atoms with van der Waals surface area (Å²) in [5.41, 5.74) is 0. The molecular weight excluding hydrogens is 180 g/mol. The molecule has 82 valence electrons. The average molecular weight is 200 g/mol. The molecule has 1 atom stereocenters. The number of carboxylic acid groups (broad SMARTS) is 1. The highest BCUT2D eigenvalue weighted by molar-refractivity contribution is 5.66. The summed E-state index contributed by atoms with van der Waals surface area (Å²) < 4.78 is 0. The Morgan fingerprint density at radius 2 is 2.29 bits per heavy atom. The van der Waals surface area contributed by atoms with E-state index in [9.17, 15) is 4.79 Å². The predicted molar refractivity (Wildman–Crippen MR) is 55.4 cm³/mol. The van der Waals surface area contributed by atoms with Gasteiger partial charge in [-0.25, -0.2) is 0 Å². The summed E-state index contributed by atoms with van der Waals surface area (Å²) in [6.07, 6.45) is 2.84. The molecule has 0 aromatic heterocycles. The normalized spacial score (nSPS) is 18.5. The second-order valence-electron chi connectivity index (χ2n) is 4.09. The zero-order valence-electron chi connectivity index (χ0n) is 8.99. The zero-order chi connectivity index (χ0) is 10.6. The van der Waals surface area contributed by atoms with Crippen LogP contribution in [0.25, 0.3) is 0 Å². The molecule has 0 spiro atoms. The third-order valence-electron chi connectivity index (χ3n) is 2.77. The quantitative estimate of drug-likeness (QED) is 0.589. The largest absolute Gasteiger partial charge is 0.481 e. The second kappa shape index (κ2) is 5.32. The van der Waals surface area contributed by atoms with E-state index in [1.165, 1.54) is 12.8 Å². The van der Waals surface area contributed by atoms with E-state index >= 15 is 0 Å². The molecular formula is C10H20N2O2. The first kappa shape index (κ1) is 11.5. The number of carbonyl (C=O) groups is 1. The van der Waals surface area contributed by atoms with Crippen LogP contribution in [0.5, 0.6) is 0 Å². The monoisotopic (exact) mass is 200 g/mol. The third-order valence-corrected chi connectivity index (χ3v) is 2.77. The fraction of sp³-hybridized carbons (Fsp3) is 0.900. The van der Waals surface area contributed by atoms with Crippen LogP contribution >= 0.6 is 0 Å². The Kier molecular flexibility index (Phi) is 4.35. The highest BCUT2D eigenvalue weighted by Crippen LogP contribution is 2.26. The van der Waals surface area contributed by atoms with E-state index in [1.54, 1.807) is 0 Å². The molecule has 1 saturated carbocycles. The second-order valence-corrected chi connectivity index (χ2v) is 4.09. The molecule has 1 aliphatic carbocycles. The van der Waals surface area contributed by atoms with Gasteiger partial charge in [-0.3, -0.25) is 9.69 Å². The molecule has 4 heteroatoms. The minimum absolute atomic E-state index is 0.208. The van der Waals surface area contributed by atoms with Crippen molar-refractivity contribution in [3.8, 4) is 0 Å². The first-order chi connectivity index (χ1) is 6.61. The lowest BCUT2D eigenvalue weighted by Gasteiger charge is -2.24.